The van der Waals surface area contributed by atoms with Crippen LogP contribution in [0.4, 0.5) is 0 Å². The molecule has 0 radical (unpaired) electrons. The van der Waals surface area contributed by atoms with Crippen molar-refractivity contribution in [1.29, 1.82) is 0 Å². The standard InChI is InChI=1S/C18H15P.CH3.Ag/c1-4-10-16(11-5-1)19(17-12-6-2-7-13-17)18-14-8-3-9-15-18;;/h1-15H;1H3;/q;-1;+1/p+1. The van der Waals surface area contributed by atoms with Gasteiger partial charge in [-0.2, -0.15) is 0 Å². The molecule has 0 unspecified atom stereocenters. The van der Waals surface area contributed by atoms with E-state index in [2.05, 4.69) is 91.0 Å². The molecule has 0 saturated heterocycles. The van der Waals surface area contributed by atoms with Gasteiger partial charge in [-0.05, 0) is 36.4 Å². The normalized spacial score (nSPS) is 9.57. The van der Waals surface area contributed by atoms with Gasteiger partial charge < -0.3 is 7.43 Å². The van der Waals surface area contributed by atoms with Crippen LogP contribution < -0.4 is 15.9 Å². The summed E-state index contributed by atoms with van der Waals surface area (Å²) in [7, 11) is -0.877. The Kier molecular flexibility index (Phi) is 7.64. The molecule has 110 valence electrons. The number of benzene rings is 3. The van der Waals surface area contributed by atoms with E-state index < -0.39 is 7.92 Å². The summed E-state index contributed by atoms with van der Waals surface area (Å²) in [6.45, 7) is 0. The molecule has 0 atom stereocenters. The van der Waals surface area contributed by atoms with Crippen molar-refractivity contribution in [2.24, 2.45) is 0 Å². The Bertz CT molecular complexity index is 530. The summed E-state index contributed by atoms with van der Waals surface area (Å²) in [6, 6.07) is 32.5. The van der Waals surface area contributed by atoms with Crippen molar-refractivity contribution in [1.82, 2.24) is 0 Å². The van der Waals surface area contributed by atoms with E-state index in [1.165, 1.54) is 15.9 Å². The Balaban J connectivity index is 0.00000110. The molecule has 3 aromatic carbocycles. The van der Waals surface area contributed by atoms with Gasteiger partial charge in [0.15, 0.2) is 0 Å². The summed E-state index contributed by atoms with van der Waals surface area (Å²) in [5.41, 5.74) is 0. The number of rotatable bonds is 3. The topological polar surface area (TPSA) is 0 Å². The zero-order valence-electron chi connectivity index (χ0n) is 12.0. The van der Waals surface area contributed by atoms with Crippen molar-refractivity contribution >= 4 is 23.8 Å². The zero-order chi connectivity index (χ0) is 12.9. The van der Waals surface area contributed by atoms with Crippen LogP contribution in [-0.2, 0) is 22.4 Å². The quantitative estimate of drug-likeness (QED) is 0.367. The SMILES string of the molecule is [Ag+].[CH3-].c1ccc([PH+](c2ccccc2)c2ccccc2)cc1. The Morgan fingerprint density at radius 2 is 0.667 bits per heavy atom. The maximum Gasteiger partial charge on any atom is 1.00 e. The third kappa shape index (κ3) is 4.40. The van der Waals surface area contributed by atoms with Crippen LogP contribution in [-0.4, -0.2) is 0 Å². The van der Waals surface area contributed by atoms with Crippen LogP contribution in [0, 0.1) is 7.43 Å². The molecule has 0 aliphatic heterocycles. The molecule has 3 rings (SSSR count). The molecule has 0 aliphatic rings. The van der Waals surface area contributed by atoms with E-state index in [0.29, 0.717) is 0 Å². The van der Waals surface area contributed by atoms with Gasteiger partial charge in [0.05, 0.1) is 7.92 Å². The van der Waals surface area contributed by atoms with Crippen molar-refractivity contribution in [3.63, 3.8) is 0 Å². The van der Waals surface area contributed by atoms with Crippen LogP contribution >= 0.6 is 7.92 Å². The van der Waals surface area contributed by atoms with E-state index in [0.717, 1.165) is 0 Å². The van der Waals surface area contributed by atoms with E-state index in [1.807, 2.05) is 0 Å². The molecule has 0 aliphatic carbocycles. The molecule has 0 bridgehead atoms. The zero-order valence-corrected chi connectivity index (χ0v) is 14.4. The average molecular weight is 386 g/mol. The molecule has 0 N–H and O–H groups in total. The van der Waals surface area contributed by atoms with Gasteiger partial charge in [0, 0.05) is 0 Å². The van der Waals surface area contributed by atoms with Crippen LogP contribution in [0.25, 0.3) is 0 Å². The summed E-state index contributed by atoms with van der Waals surface area (Å²) >= 11 is 0. The fourth-order valence-corrected chi connectivity index (χ4v) is 4.89. The van der Waals surface area contributed by atoms with Gasteiger partial charge in [-0.15, -0.1) is 0 Å². The van der Waals surface area contributed by atoms with Crippen LogP contribution in [0.3, 0.4) is 0 Å². The molecule has 0 fully saturated rings. The van der Waals surface area contributed by atoms with Gasteiger partial charge >= 0.3 is 22.4 Å². The minimum atomic E-state index is -0.877. The van der Waals surface area contributed by atoms with E-state index >= 15 is 0 Å². The molecule has 0 amide bonds. The van der Waals surface area contributed by atoms with Crippen molar-refractivity contribution < 1.29 is 22.4 Å². The molecule has 3 aromatic rings. The largest absolute Gasteiger partial charge is 1.00 e. The van der Waals surface area contributed by atoms with Crippen molar-refractivity contribution in [3.8, 4) is 0 Å². The summed E-state index contributed by atoms with van der Waals surface area (Å²) < 4.78 is 0. The van der Waals surface area contributed by atoms with Gasteiger partial charge in [-0.3, -0.25) is 0 Å². The van der Waals surface area contributed by atoms with Gasteiger partial charge in [0.2, 0.25) is 0 Å². The fourth-order valence-electron chi connectivity index (χ4n) is 2.31. The first kappa shape index (κ1) is 17.9. The van der Waals surface area contributed by atoms with E-state index in [-0.39, 0.29) is 29.8 Å². The third-order valence-corrected chi connectivity index (χ3v) is 5.92. The molecule has 0 heterocycles. The van der Waals surface area contributed by atoms with Crippen LogP contribution in [0.15, 0.2) is 91.0 Å². The fraction of sp³-hybridized carbons (Fsp3) is 0. The first-order valence-electron chi connectivity index (χ1n) is 6.48. The van der Waals surface area contributed by atoms with Crippen molar-refractivity contribution in [2.45, 2.75) is 0 Å². The molecular weight excluding hydrogens is 367 g/mol. The Labute approximate surface area is 144 Å². The molecule has 0 nitrogen and oxygen atoms in total. The summed E-state index contributed by atoms with van der Waals surface area (Å²) in [6.07, 6.45) is 0. The Morgan fingerprint density at radius 1 is 0.429 bits per heavy atom. The Hall–Kier alpha value is -1.17. The molecule has 0 aromatic heterocycles. The van der Waals surface area contributed by atoms with E-state index in [9.17, 15) is 0 Å². The van der Waals surface area contributed by atoms with Crippen LogP contribution in [0.1, 0.15) is 0 Å². The predicted octanol–water partition coefficient (Wildman–Crippen LogP) is 3.62. The summed E-state index contributed by atoms with van der Waals surface area (Å²) in [5.74, 6) is 0. The van der Waals surface area contributed by atoms with Gasteiger partial charge in [0.25, 0.3) is 0 Å². The Morgan fingerprint density at radius 3 is 0.905 bits per heavy atom. The predicted molar refractivity (Wildman–Crippen MR) is 93.0 cm³/mol. The maximum atomic E-state index is 2.24. The maximum absolute atomic E-state index is 2.24. The molecule has 0 saturated carbocycles. The average Bonchev–Trinajstić information content (AvgIpc) is 2.51. The van der Waals surface area contributed by atoms with E-state index in [4.69, 9.17) is 0 Å². The second-order valence-electron chi connectivity index (χ2n) is 4.47. The minimum absolute atomic E-state index is 0. The monoisotopic (exact) mass is 385 g/mol. The number of hydrogen-bond donors (Lipinski definition) is 0. The van der Waals surface area contributed by atoms with E-state index in [1.54, 1.807) is 0 Å². The molecular formula is C19H19AgP+. The second kappa shape index (κ2) is 8.97. The first-order valence-corrected chi connectivity index (χ1v) is 7.98. The van der Waals surface area contributed by atoms with Gasteiger partial charge in [-0.1, -0.05) is 54.6 Å². The van der Waals surface area contributed by atoms with Gasteiger partial charge in [0.1, 0.15) is 15.9 Å². The van der Waals surface area contributed by atoms with Crippen LogP contribution in [0.2, 0.25) is 0 Å². The molecule has 0 spiro atoms. The van der Waals surface area contributed by atoms with Crippen LogP contribution in [0.5, 0.6) is 0 Å². The molecule has 2 heteroatoms. The van der Waals surface area contributed by atoms with Gasteiger partial charge in [-0.25, -0.2) is 0 Å². The third-order valence-electron chi connectivity index (χ3n) is 3.19. The summed E-state index contributed by atoms with van der Waals surface area (Å²) in [4.78, 5) is 0. The molecule has 21 heavy (non-hydrogen) atoms. The second-order valence-corrected chi connectivity index (χ2v) is 6.96. The smallest absolute Gasteiger partial charge is 0.358 e. The van der Waals surface area contributed by atoms with Crippen molar-refractivity contribution in [2.75, 3.05) is 0 Å². The first-order chi connectivity index (χ1) is 9.45. The van der Waals surface area contributed by atoms with Crippen molar-refractivity contribution in [3.05, 3.63) is 98.4 Å². The number of hydrogen-bond acceptors (Lipinski definition) is 0. The minimum Gasteiger partial charge on any atom is -0.358 e. The summed E-state index contributed by atoms with van der Waals surface area (Å²) in [5, 5.41) is 4.31.